The molecule has 4 aliphatic carbocycles. The normalized spacial score (nSPS) is 48.5. The molecule has 15 heavy (non-hydrogen) atoms. The molecule has 0 unspecified atom stereocenters. The Bertz CT molecular complexity index is 226. The first-order valence-electron chi connectivity index (χ1n) is 6.59. The van der Waals surface area contributed by atoms with Crippen LogP contribution in [-0.2, 0) is 0 Å². The second-order valence-corrected chi connectivity index (χ2v) is 6.80. The second-order valence-electron chi connectivity index (χ2n) is 6.80. The molecule has 0 nitrogen and oxygen atoms in total. The molecule has 0 heterocycles. The largest absolute Gasteiger partial charge is 0.101 e. The van der Waals surface area contributed by atoms with Crippen LogP contribution in [0.1, 0.15) is 45.4 Å². The van der Waals surface area contributed by atoms with Gasteiger partial charge < -0.3 is 0 Å². The Morgan fingerprint density at radius 1 is 0.933 bits per heavy atom. The molecule has 78 valence electrons. The Morgan fingerprint density at radius 2 is 1.40 bits per heavy atom. The van der Waals surface area contributed by atoms with Crippen LogP contribution in [0, 0.1) is 29.6 Å². The molecule has 0 atom stereocenters. The first-order chi connectivity index (χ1) is 7.01. The summed E-state index contributed by atoms with van der Waals surface area (Å²) >= 11 is 0. The molecule has 0 aromatic rings. The molecule has 4 radical (unpaired) electrons. The van der Waals surface area contributed by atoms with Gasteiger partial charge in [0.25, 0.3) is 0 Å². The lowest BCUT2D eigenvalue weighted by Gasteiger charge is -2.55. The van der Waals surface area contributed by atoms with Crippen LogP contribution in [0.15, 0.2) is 0 Å². The lowest BCUT2D eigenvalue weighted by molar-refractivity contribution is -0.0409. The van der Waals surface area contributed by atoms with Crippen molar-refractivity contribution in [3.8, 4) is 0 Å². The Balaban J connectivity index is 1.75. The fourth-order valence-electron chi connectivity index (χ4n) is 4.88. The summed E-state index contributed by atoms with van der Waals surface area (Å²) < 4.78 is 0. The van der Waals surface area contributed by atoms with Gasteiger partial charge in [0.05, 0.1) is 15.7 Å². The van der Waals surface area contributed by atoms with Crippen LogP contribution >= 0.6 is 0 Å². The summed E-state index contributed by atoms with van der Waals surface area (Å²) in [6.07, 6.45) is 8.49. The van der Waals surface area contributed by atoms with Crippen molar-refractivity contribution in [3.05, 3.63) is 0 Å². The highest BCUT2D eigenvalue weighted by atomic mass is 14.5. The summed E-state index contributed by atoms with van der Waals surface area (Å²) in [6, 6.07) is 0. The Labute approximate surface area is 96.4 Å². The predicted molar refractivity (Wildman–Crippen MR) is 65.0 cm³/mol. The van der Waals surface area contributed by atoms with Crippen molar-refractivity contribution < 1.29 is 0 Å². The van der Waals surface area contributed by atoms with Crippen molar-refractivity contribution >= 4 is 15.7 Å². The van der Waals surface area contributed by atoms with Gasteiger partial charge in [-0.1, -0.05) is 13.3 Å². The smallest absolute Gasteiger partial charge is 0.0617 e. The highest BCUT2D eigenvalue weighted by Gasteiger charge is 2.48. The van der Waals surface area contributed by atoms with Crippen LogP contribution in [0.5, 0.6) is 0 Å². The van der Waals surface area contributed by atoms with Crippen molar-refractivity contribution in [2.45, 2.75) is 50.7 Å². The average molecular weight is 198 g/mol. The molecule has 4 saturated carbocycles. The van der Waals surface area contributed by atoms with E-state index in [1.807, 2.05) is 6.92 Å². The Kier molecular flexibility index (Phi) is 2.27. The lowest BCUT2D eigenvalue weighted by atomic mass is 9.45. The molecule has 4 fully saturated rings. The Morgan fingerprint density at radius 3 is 1.80 bits per heavy atom. The number of hydrogen-bond donors (Lipinski definition) is 0. The monoisotopic (exact) mass is 198 g/mol. The fourth-order valence-corrected chi connectivity index (χ4v) is 4.88. The minimum absolute atomic E-state index is 0.444. The summed E-state index contributed by atoms with van der Waals surface area (Å²) in [5.74, 6) is 4.90. The molecule has 0 aliphatic heterocycles. The standard InChI is InChI=1S/C13H20B2/c1-13(14,15)7-12-10-3-8-2-9(5-10)6-11(12)4-8/h8-12H,2-7H2,1H3. The molecule has 0 aromatic carbocycles. The maximum atomic E-state index is 5.99. The highest BCUT2D eigenvalue weighted by Crippen LogP contribution is 2.58. The predicted octanol–water partition coefficient (Wildman–Crippen LogP) is 2.92. The first kappa shape index (κ1) is 10.3. The minimum Gasteiger partial charge on any atom is -0.101 e. The molecule has 0 spiro atoms. The van der Waals surface area contributed by atoms with Crippen molar-refractivity contribution in [1.82, 2.24) is 0 Å². The van der Waals surface area contributed by atoms with Crippen molar-refractivity contribution in [1.29, 1.82) is 0 Å². The molecule has 0 N–H and O–H groups in total. The van der Waals surface area contributed by atoms with E-state index in [4.69, 9.17) is 15.7 Å². The van der Waals surface area contributed by atoms with Gasteiger partial charge >= 0.3 is 0 Å². The quantitative estimate of drug-likeness (QED) is 0.598. The summed E-state index contributed by atoms with van der Waals surface area (Å²) in [4.78, 5) is 0. The van der Waals surface area contributed by atoms with E-state index in [1.54, 1.807) is 0 Å². The van der Waals surface area contributed by atoms with E-state index < -0.39 is 5.21 Å². The van der Waals surface area contributed by atoms with Crippen LogP contribution in [0.4, 0.5) is 0 Å². The molecule has 0 amide bonds. The third-order valence-electron chi connectivity index (χ3n) is 5.10. The SMILES string of the molecule is [B]C([B])(C)CC1C2CC3CC(C2)CC1C3. The van der Waals surface area contributed by atoms with E-state index in [1.165, 1.54) is 32.1 Å². The topological polar surface area (TPSA) is 0 Å². The number of hydrogen-bond acceptors (Lipinski definition) is 0. The molecular formula is C13H20B2. The maximum absolute atomic E-state index is 5.99. The molecular weight excluding hydrogens is 178 g/mol. The van der Waals surface area contributed by atoms with Gasteiger partial charge in [0.15, 0.2) is 0 Å². The van der Waals surface area contributed by atoms with Gasteiger partial charge in [0.1, 0.15) is 0 Å². The van der Waals surface area contributed by atoms with E-state index in [9.17, 15) is 0 Å². The summed E-state index contributed by atoms with van der Waals surface area (Å²) in [6.45, 7) is 1.98. The van der Waals surface area contributed by atoms with Gasteiger partial charge in [-0.15, -0.1) is 5.21 Å². The molecule has 4 rings (SSSR count). The summed E-state index contributed by atoms with van der Waals surface area (Å²) in [5.41, 5.74) is 0. The van der Waals surface area contributed by atoms with E-state index in [2.05, 4.69) is 0 Å². The Hall–Kier alpha value is 0.130. The zero-order valence-corrected chi connectivity index (χ0v) is 9.78. The molecule has 4 bridgehead atoms. The van der Waals surface area contributed by atoms with Crippen molar-refractivity contribution in [2.75, 3.05) is 0 Å². The van der Waals surface area contributed by atoms with Gasteiger partial charge in [-0.3, -0.25) is 0 Å². The van der Waals surface area contributed by atoms with Gasteiger partial charge in [-0.25, -0.2) is 0 Å². The third-order valence-corrected chi connectivity index (χ3v) is 5.10. The molecule has 4 aliphatic rings. The maximum Gasteiger partial charge on any atom is 0.0617 e. The van der Waals surface area contributed by atoms with Crippen molar-refractivity contribution in [3.63, 3.8) is 0 Å². The van der Waals surface area contributed by atoms with Gasteiger partial charge in [-0.2, -0.15) is 0 Å². The van der Waals surface area contributed by atoms with E-state index in [0.717, 1.165) is 36.0 Å². The minimum atomic E-state index is -0.444. The summed E-state index contributed by atoms with van der Waals surface area (Å²) in [5, 5.41) is -0.444. The van der Waals surface area contributed by atoms with Crippen LogP contribution in [0.2, 0.25) is 5.21 Å². The van der Waals surface area contributed by atoms with E-state index in [0.29, 0.717) is 0 Å². The third kappa shape index (κ3) is 1.89. The van der Waals surface area contributed by atoms with Gasteiger partial charge in [-0.05, 0) is 61.7 Å². The second kappa shape index (κ2) is 3.31. The van der Waals surface area contributed by atoms with E-state index in [-0.39, 0.29) is 0 Å². The lowest BCUT2D eigenvalue weighted by Crippen LogP contribution is -2.46. The van der Waals surface area contributed by atoms with Crippen LogP contribution in [-0.4, -0.2) is 15.7 Å². The zero-order valence-electron chi connectivity index (χ0n) is 9.78. The number of rotatable bonds is 2. The highest BCUT2D eigenvalue weighted by molar-refractivity contribution is 6.39. The van der Waals surface area contributed by atoms with Crippen molar-refractivity contribution in [2.24, 2.45) is 29.6 Å². The van der Waals surface area contributed by atoms with Crippen LogP contribution < -0.4 is 0 Å². The zero-order chi connectivity index (χ0) is 10.6. The summed E-state index contributed by atoms with van der Waals surface area (Å²) in [7, 11) is 12.0. The first-order valence-corrected chi connectivity index (χ1v) is 6.59. The van der Waals surface area contributed by atoms with Crippen LogP contribution in [0.25, 0.3) is 0 Å². The van der Waals surface area contributed by atoms with Crippen LogP contribution in [0.3, 0.4) is 0 Å². The van der Waals surface area contributed by atoms with Gasteiger partial charge in [0, 0.05) is 0 Å². The molecule has 2 heteroatoms. The molecule has 0 aromatic heterocycles. The van der Waals surface area contributed by atoms with E-state index >= 15 is 0 Å². The average Bonchev–Trinajstić information content (AvgIpc) is 2.08. The molecule has 0 saturated heterocycles. The fraction of sp³-hybridized carbons (Fsp3) is 1.00. The van der Waals surface area contributed by atoms with Gasteiger partial charge in [0.2, 0.25) is 0 Å².